The lowest BCUT2D eigenvalue weighted by atomic mass is 9.91. The molecule has 0 radical (unpaired) electrons. The molecule has 4 heteroatoms. The largest absolute Gasteiger partial charge is 0.371 e. The van der Waals surface area contributed by atoms with E-state index in [1.807, 2.05) is 6.20 Å². The normalized spacial score (nSPS) is 21.3. The van der Waals surface area contributed by atoms with E-state index in [4.69, 9.17) is 9.72 Å². The van der Waals surface area contributed by atoms with Gasteiger partial charge < -0.3 is 10.1 Å². The number of aromatic nitrogens is 2. The Morgan fingerprint density at radius 3 is 2.90 bits per heavy atom. The van der Waals surface area contributed by atoms with Crippen molar-refractivity contribution in [2.24, 2.45) is 0 Å². The minimum Gasteiger partial charge on any atom is -0.371 e. The molecule has 2 rings (SSSR count). The maximum absolute atomic E-state index is 5.62. The first kappa shape index (κ1) is 15.4. The second-order valence-electron chi connectivity index (χ2n) is 5.78. The Labute approximate surface area is 122 Å². The molecule has 0 aromatic carbocycles. The van der Waals surface area contributed by atoms with Crippen LogP contribution in [-0.2, 0) is 16.8 Å². The zero-order valence-electron chi connectivity index (χ0n) is 13.2. The molecule has 4 nitrogen and oxygen atoms in total. The van der Waals surface area contributed by atoms with Crippen molar-refractivity contribution in [3.8, 4) is 0 Å². The first-order chi connectivity index (χ1) is 9.64. The van der Waals surface area contributed by atoms with Gasteiger partial charge in [0.1, 0.15) is 5.60 Å². The van der Waals surface area contributed by atoms with Crippen LogP contribution >= 0.6 is 0 Å². The van der Waals surface area contributed by atoms with E-state index < -0.39 is 0 Å². The van der Waals surface area contributed by atoms with E-state index in [1.54, 1.807) is 7.11 Å². The summed E-state index contributed by atoms with van der Waals surface area (Å²) in [6, 6.07) is 0.420. The minimum absolute atomic E-state index is 0.376. The summed E-state index contributed by atoms with van der Waals surface area (Å²) in [7, 11) is 1.73. The van der Waals surface area contributed by atoms with Gasteiger partial charge in [-0.3, -0.25) is 0 Å². The number of fused-ring (bicyclic) bond motifs is 1. The van der Waals surface area contributed by atoms with Gasteiger partial charge in [0.25, 0.3) is 0 Å². The molecule has 0 bridgehead atoms. The smallest absolute Gasteiger partial charge is 0.160 e. The molecule has 2 atom stereocenters. The van der Waals surface area contributed by atoms with Gasteiger partial charge in [-0.25, -0.2) is 9.97 Å². The summed E-state index contributed by atoms with van der Waals surface area (Å²) >= 11 is 0. The van der Waals surface area contributed by atoms with Gasteiger partial charge in [-0.1, -0.05) is 13.8 Å². The fourth-order valence-corrected chi connectivity index (χ4v) is 2.73. The minimum atomic E-state index is -0.376. The molecule has 20 heavy (non-hydrogen) atoms. The summed E-state index contributed by atoms with van der Waals surface area (Å²) in [5.41, 5.74) is 2.10. The van der Waals surface area contributed by atoms with Crippen molar-refractivity contribution >= 4 is 0 Å². The molecule has 1 N–H and O–H groups in total. The number of ether oxygens (including phenoxy) is 1. The van der Waals surface area contributed by atoms with E-state index in [-0.39, 0.29) is 5.60 Å². The molecule has 0 saturated carbocycles. The number of nitrogens with one attached hydrogen (secondary N) is 1. The number of nitrogens with zero attached hydrogens (tertiary/aromatic N) is 2. The number of methoxy groups -OCH3 is 1. The Morgan fingerprint density at radius 1 is 1.45 bits per heavy atom. The van der Waals surface area contributed by atoms with E-state index in [2.05, 4.69) is 31.1 Å². The fraction of sp³-hybridized carbons (Fsp3) is 0.750. The molecule has 2 unspecified atom stereocenters. The van der Waals surface area contributed by atoms with Crippen LogP contribution in [0.1, 0.15) is 69.6 Å². The lowest BCUT2D eigenvalue weighted by molar-refractivity contribution is -0.00927. The molecule has 1 heterocycles. The van der Waals surface area contributed by atoms with Gasteiger partial charge in [0, 0.05) is 30.6 Å². The third-order valence-corrected chi connectivity index (χ3v) is 4.42. The molecular formula is C16H27N3O. The zero-order valence-corrected chi connectivity index (χ0v) is 13.2. The molecule has 0 saturated heterocycles. The topological polar surface area (TPSA) is 47.0 Å². The van der Waals surface area contributed by atoms with Crippen LogP contribution in [0.5, 0.6) is 0 Å². The second kappa shape index (κ2) is 6.64. The standard InChI is InChI=1S/C16H27N3O/c1-5-10-17-13-8-7-9-14-12(13)11-18-15(19-14)16(3,6-2)20-4/h11,13,17H,5-10H2,1-4H3. The molecule has 0 aliphatic heterocycles. The van der Waals surface area contributed by atoms with Crippen molar-refractivity contribution in [3.63, 3.8) is 0 Å². The van der Waals surface area contributed by atoms with Crippen molar-refractivity contribution < 1.29 is 4.74 Å². The summed E-state index contributed by atoms with van der Waals surface area (Å²) in [4.78, 5) is 9.40. The van der Waals surface area contributed by atoms with Crippen molar-refractivity contribution in [2.45, 2.75) is 64.5 Å². The van der Waals surface area contributed by atoms with Gasteiger partial charge in [0.15, 0.2) is 5.82 Å². The highest BCUT2D eigenvalue weighted by Crippen LogP contribution is 2.31. The van der Waals surface area contributed by atoms with Crippen LogP contribution in [0.4, 0.5) is 0 Å². The maximum atomic E-state index is 5.62. The molecule has 112 valence electrons. The molecule has 1 aliphatic rings. The monoisotopic (exact) mass is 277 g/mol. The predicted molar refractivity (Wildman–Crippen MR) is 80.7 cm³/mol. The lowest BCUT2D eigenvalue weighted by Gasteiger charge is -2.29. The van der Waals surface area contributed by atoms with Gasteiger partial charge in [0.05, 0.1) is 0 Å². The van der Waals surface area contributed by atoms with E-state index in [0.717, 1.165) is 31.6 Å². The van der Waals surface area contributed by atoms with Crippen LogP contribution in [0, 0.1) is 0 Å². The Kier molecular flexibility index (Phi) is 5.11. The van der Waals surface area contributed by atoms with Crippen molar-refractivity contribution in [3.05, 3.63) is 23.3 Å². The molecular weight excluding hydrogens is 250 g/mol. The van der Waals surface area contributed by atoms with Crippen LogP contribution in [0.3, 0.4) is 0 Å². The Balaban J connectivity index is 2.27. The van der Waals surface area contributed by atoms with Crippen molar-refractivity contribution in [1.29, 1.82) is 0 Å². The summed E-state index contributed by atoms with van der Waals surface area (Å²) < 4.78 is 5.62. The lowest BCUT2D eigenvalue weighted by Crippen LogP contribution is -2.30. The van der Waals surface area contributed by atoms with Crippen LogP contribution in [0.15, 0.2) is 6.20 Å². The van der Waals surface area contributed by atoms with Gasteiger partial charge in [-0.15, -0.1) is 0 Å². The quantitative estimate of drug-likeness (QED) is 0.868. The van der Waals surface area contributed by atoms with E-state index in [1.165, 1.54) is 24.1 Å². The molecule has 1 aromatic rings. The highest BCUT2D eigenvalue weighted by atomic mass is 16.5. The van der Waals surface area contributed by atoms with E-state index in [9.17, 15) is 0 Å². The summed E-state index contributed by atoms with van der Waals surface area (Å²) in [5.74, 6) is 0.817. The molecule has 0 amide bonds. The Bertz CT molecular complexity index is 443. The molecule has 1 aliphatic carbocycles. The fourth-order valence-electron chi connectivity index (χ4n) is 2.73. The third-order valence-electron chi connectivity index (χ3n) is 4.42. The average Bonchev–Trinajstić information content (AvgIpc) is 2.51. The highest BCUT2D eigenvalue weighted by Gasteiger charge is 2.30. The van der Waals surface area contributed by atoms with Crippen LogP contribution in [0.25, 0.3) is 0 Å². The van der Waals surface area contributed by atoms with Crippen molar-refractivity contribution in [2.75, 3.05) is 13.7 Å². The molecule has 1 aromatic heterocycles. The van der Waals surface area contributed by atoms with Crippen LogP contribution in [-0.4, -0.2) is 23.6 Å². The van der Waals surface area contributed by atoms with Crippen molar-refractivity contribution in [1.82, 2.24) is 15.3 Å². The van der Waals surface area contributed by atoms with E-state index >= 15 is 0 Å². The summed E-state index contributed by atoms with van der Waals surface area (Å²) in [5, 5.41) is 3.60. The van der Waals surface area contributed by atoms with Gasteiger partial charge in [0.2, 0.25) is 0 Å². The molecule has 0 spiro atoms. The highest BCUT2D eigenvalue weighted by molar-refractivity contribution is 5.25. The van der Waals surface area contributed by atoms with Gasteiger partial charge in [-0.2, -0.15) is 0 Å². The van der Waals surface area contributed by atoms with Crippen LogP contribution in [0.2, 0.25) is 0 Å². The third kappa shape index (κ3) is 3.01. The van der Waals surface area contributed by atoms with Gasteiger partial charge in [-0.05, 0) is 45.6 Å². The van der Waals surface area contributed by atoms with Crippen LogP contribution < -0.4 is 5.32 Å². The number of hydrogen-bond donors (Lipinski definition) is 1. The number of rotatable bonds is 6. The SMILES string of the molecule is CCCNC1CCCc2nc(C(C)(CC)OC)ncc21. The zero-order chi connectivity index (χ0) is 14.6. The Morgan fingerprint density at radius 2 is 2.25 bits per heavy atom. The Hall–Kier alpha value is -1.00. The van der Waals surface area contributed by atoms with Gasteiger partial charge >= 0.3 is 0 Å². The summed E-state index contributed by atoms with van der Waals surface area (Å²) in [6.45, 7) is 7.42. The predicted octanol–water partition coefficient (Wildman–Crippen LogP) is 3.13. The second-order valence-corrected chi connectivity index (χ2v) is 5.78. The first-order valence-corrected chi connectivity index (χ1v) is 7.79. The summed E-state index contributed by atoms with van der Waals surface area (Å²) in [6.07, 6.45) is 7.48. The average molecular weight is 277 g/mol. The first-order valence-electron chi connectivity index (χ1n) is 7.79. The number of hydrogen-bond acceptors (Lipinski definition) is 4. The molecule has 0 fully saturated rings. The maximum Gasteiger partial charge on any atom is 0.160 e. The van der Waals surface area contributed by atoms with E-state index in [0.29, 0.717) is 6.04 Å². The number of aryl methyl sites for hydroxylation is 1.